The van der Waals surface area contributed by atoms with Gasteiger partial charge in [-0.1, -0.05) is 43.3 Å². The first kappa shape index (κ1) is 23.5. The summed E-state index contributed by atoms with van der Waals surface area (Å²) in [5, 5.41) is 20.3. The number of aliphatic hydroxyl groups is 1. The van der Waals surface area contributed by atoms with Crippen molar-refractivity contribution in [2.24, 2.45) is 0 Å². The van der Waals surface area contributed by atoms with Gasteiger partial charge in [-0.2, -0.15) is 5.26 Å². The summed E-state index contributed by atoms with van der Waals surface area (Å²) in [6.45, 7) is 3.30. The zero-order valence-corrected chi connectivity index (χ0v) is 19.2. The summed E-state index contributed by atoms with van der Waals surface area (Å²) >= 11 is 0. The highest BCUT2D eigenvalue weighted by Crippen LogP contribution is 2.42. The number of esters is 1. The van der Waals surface area contributed by atoms with Crippen LogP contribution in [0.2, 0.25) is 0 Å². The van der Waals surface area contributed by atoms with Crippen LogP contribution >= 0.6 is 0 Å². The fourth-order valence-electron chi connectivity index (χ4n) is 4.05. The molecule has 0 spiro atoms. The summed E-state index contributed by atoms with van der Waals surface area (Å²) in [6.07, 6.45) is 0.818. The van der Waals surface area contributed by atoms with Crippen molar-refractivity contribution < 1.29 is 24.2 Å². The summed E-state index contributed by atoms with van der Waals surface area (Å²) in [6, 6.07) is 20.9. The van der Waals surface area contributed by atoms with Crippen LogP contribution in [0, 0.1) is 11.3 Å². The average Bonchev–Trinajstić information content (AvgIpc) is 3.14. The molecule has 1 aliphatic rings. The summed E-state index contributed by atoms with van der Waals surface area (Å²) < 4.78 is 5.10. The van der Waals surface area contributed by atoms with Crippen LogP contribution in [-0.2, 0) is 20.8 Å². The predicted octanol–water partition coefficient (Wildman–Crippen LogP) is 4.67. The van der Waals surface area contributed by atoms with E-state index < -0.39 is 23.7 Å². The first-order valence-corrected chi connectivity index (χ1v) is 11.0. The zero-order valence-electron chi connectivity index (χ0n) is 19.2. The number of hydrogen-bond donors (Lipinski definition) is 1. The topological polar surface area (TPSA) is 108 Å². The van der Waals surface area contributed by atoms with Crippen LogP contribution < -0.4 is 9.64 Å². The van der Waals surface area contributed by atoms with Gasteiger partial charge in [0, 0.05) is 18.2 Å². The minimum Gasteiger partial charge on any atom is -0.507 e. The normalized spacial score (nSPS) is 16.7. The monoisotopic (exact) mass is 466 g/mol. The van der Waals surface area contributed by atoms with Crippen LogP contribution in [0.25, 0.3) is 5.76 Å². The number of hydrogen-bond acceptors (Lipinski definition) is 6. The number of carbonyl (C=O) groups is 3. The van der Waals surface area contributed by atoms with Crippen molar-refractivity contribution >= 4 is 29.1 Å². The standard InChI is InChI=1S/C28H22N2O5/c1-3-18-4-8-21(9-5-18)26(32)24-25(20-10-14-23(15-11-20)35-17(2)31)30(28(34)27(24)33)22-12-6-19(16-29)7-13-22/h4-15,25,32H,3H2,1-2H3/b26-24+. The van der Waals surface area contributed by atoms with Crippen molar-refractivity contribution in [2.75, 3.05) is 4.90 Å². The SMILES string of the molecule is CCc1ccc(/C(O)=C2\C(=O)C(=O)N(c3ccc(C#N)cc3)C2c2ccc(OC(C)=O)cc2)cc1. The molecule has 0 bridgehead atoms. The average molecular weight is 466 g/mol. The number of ether oxygens (including phenoxy) is 1. The lowest BCUT2D eigenvalue weighted by atomic mass is 9.94. The van der Waals surface area contributed by atoms with Crippen LogP contribution in [0.1, 0.15) is 42.1 Å². The number of anilines is 1. The third-order valence-corrected chi connectivity index (χ3v) is 5.81. The van der Waals surface area contributed by atoms with Crippen LogP contribution in [0.4, 0.5) is 5.69 Å². The van der Waals surface area contributed by atoms with E-state index >= 15 is 0 Å². The minimum atomic E-state index is -0.930. The number of aliphatic hydroxyl groups excluding tert-OH is 1. The zero-order chi connectivity index (χ0) is 25.1. The second kappa shape index (κ2) is 9.65. The van der Waals surface area contributed by atoms with E-state index in [0.29, 0.717) is 28.1 Å². The Labute approximate surface area is 202 Å². The predicted molar refractivity (Wildman–Crippen MR) is 130 cm³/mol. The maximum absolute atomic E-state index is 13.2. The lowest BCUT2D eigenvalue weighted by molar-refractivity contribution is -0.132. The van der Waals surface area contributed by atoms with Crippen LogP contribution in [0.5, 0.6) is 5.75 Å². The Morgan fingerprint density at radius 3 is 2.17 bits per heavy atom. The Kier molecular flexibility index (Phi) is 6.47. The number of benzene rings is 3. The van der Waals surface area contributed by atoms with Crippen LogP contribution in [0.15, 0.2) is 78.4 Å². The minimum absolute atomic E-state index is 0.0520. The van der Waals surface area contributed by atoms with Crippen molar-refractivity contribution in [2.45, 2.75) is 26.3 Å². The Balaban J connectivity index is 1.87. The molecular formula is C28H22N2O5. The van der Waals surface area contributed by atoms with Crippen molar-refractivity contribution in [3.05, 3.63) is 101 Å². The first-order chi connectivity index (χ1) is 16.8. The third kappa shape index (κ3) is 4.55. The van der Waals surface area contributed by atoms with Gasteiger partial charge in [-0.05, 0) is 53.9 Å². The molecular weight excluding hydrogens is 444 g/mol. The largest absolute Gasteiger partial charge is 0.507 e. The van der Waals surface area contributed by atoms with E-state index in [2.05, 4.69) is 0 Å². The summed E-state index contributed by atoms with van der Waals surface area (Å²) in [4.78, 5) is 39.0. The molecule has 3 aromatic carbocycles. The number of Topliss-reactive ketones (excluding diaryl/α,β-unsaturated/α-hetero) is 1. The molecule has 1 N–H and O–H groups in total. The lowest BCUT2D eigenvalue weighted by Gasteiger charge is -2.25. The molecule has 1 saturated heterocycles. The molecule has 1 aliphatic heterocycles. The van der Waals surface area contributed by atoms with Gasteiger partial charge in [0.25, 0.3) is 11.7 Å². The number of amides is 1. The van der Waals surface area contributed by atoms with Gasteiger partial charge in [-0.15, -0.1) is 0 Å². The molecule has 174 valence electrons. The van der Waals surface area contributed by atoms with E-state index in [1.165, 1.54) is 11.8 Å². The maximum atomic E-state index is 13.2. The molecule has 1 atom stereocenters. The third-order valence-electron chi connectivity index (χ3n) is 5.81. The number of rotatable bonds is 5. The van der Waals surface area contributed by atoms with Gasteiger partial charge in [0.1, 0.15) is 11.5 Å². The molecule has 0 aromatic heterocycles. The van der Waals surface area contributed by atoms with Gasteiger partial charge in [0.05, 0.1) is 23.2 Å². The number of nitrogens with zero attached hydrogens (tertiary/aromatic N) is 2. The summed E-state index contributed by atoms with van der Waals surface area (Å²) in [7, 11) is 0. The Hall–Kier alpha value is -4.70. The molecule has 35 heavy (non-hydrogen) atoms. The molecule has 4 rings (SSSR count). The number of nitriles is 1. The van der Waals surface area contributed by atoms with Crippen molar-refractivity contribution in [3.63, 3.8) is 0 Å². The second-order valence-corrected chi connectivity index (χ2v) is 8.04. The molecule has 1 amide bonds. The summed E-state index contributed by atoms with van der Waals surface area (Å²) in [5.41, 5.74) is 2.78. The smallest absolute Gasteiger partial charge is 0.308 e. The van der Waals surface area contributed by atoms with Crippen molar-refractivity contribution in [1.82, 2.24) is 0 Å². The van der Waals surface area contributed by atoms with Gasteiger partial charge in [0.2, 0.25) is 0 Å². The molecule has 7 heteroatoms. The molecule has 1 heterocycles. The number of carbonyl (C=O) groups excluding carboxylic acids is 3. The van der Waals surface area contributed by atoms with Gasteiger partial charge in [-0.3, -0.25) is 19.3 Å². The van der Waals surface area contributed by atoms with E-state index in [4.69, 9.17) is 10.00 Å². The fourth-order valence-corrected chi connectivity index (χ4v) is 4.05. The van der Waals surface area contributed by atoms with Crippen molar-refractivity contribution in [3.8, 4) is 11.8 Å². The maximum Gasteiger partial charge on any atom is 0.308 e. The van der Waals surface area contributed by atoms with E-state index in [0.717, 1.165) is 12.0 Å². The lowest BCUT2D eigenvalue weighted by Crippen LogP contribution is -2.29. The van der Waals surface area contributed by atoms with Gasteiger partial charge in [0.15, 0.2) is 0 Å². The molecule has 0 radical (unpaired) electrons. The second-order valence-electron chi connectivity index (χ2n) is 8.04. The van der Waals surface area contributed by atoms with E-state index in [1.807, 2.05) is 25.1 Å². The Bertz CT molecular complexity index is 1360. The Morgan fingerprint density at radius 2 is 1.63 bits per heavy atom. The highest BCUT2D eigenvalue weighted by molar-refractivity contribution is 6.51. The molecule has 0 saturated carbocycles. The molecule has 3 aromatic rings. The van der Waals surface area contributed by atoms with E-state index in [-0.39, 0.29) is 11.3 Å². The summed E-state index contributed by atoms with van der Waals surface area (Å²) in [5.74, 6) is -2.06. The van der Waals surface area contributed by atoms with Gasteiger partial charge < -0.3 is 9.84 Å². The van der Waals surface area contributed by atoms with Crippen LogP contribution in [-0.4, -0.2) is 22.8 Å². The quantitative estimate of drug-likeness (QED) is 0.192. The fraction of sp³-hybridized carbons (Fsp3) is 0.143. The molecule has 0 aliphatic carbocycles. The molecule has 1 unspecified atom stereocenters. The Morgan fingerprint density at radius 1 is 1.00 bits per heavy atom. The van der Waals surface area contributed by atoms with E-state index in [1.54, 1.807) is 60.7 Å². The highest BCUT2D eigenvalue weighted by Gasteiger charge is 2.47. The van der Waals surface area contributed by atoms with Crippen molar-refractivity contribution in [1.29, 1.82) is 5.26 Å². The molecule has 1 fully saturated rings. The molecule has 7 nitrogen and oxygen atoms in total. The van der Waals surface area contributed by atoms with E-state index in [9.17, 15) is 19.5 Å². The highest BCUT2D eigenvalue weighted by atomic mass is 16.5. The first-order valence-electron chi connectivity index (χ1n) is 11.0. The number of ketones is 1. The van der Waals surface area contributed by atoms with Gasteiger partial charge >= 0.3 is 5.97 Å². The number of aryl methyl sites for hydroxylation is 1. The van der Waals surface area contributed by atoms with Gasteiger partial charge in [-0.25, -0.2) is 0 Å². The van der Waals surface area contributed by atoms with Crippen LogP contribution in [0.3, 0.4) is 0 Å².